The average Bonchev–Trinajstić information content (AvgIpc) is 3.22. The second-order valence-corrected chi connectivity index (χ2v) is 10.7. The lowest BCUT2D eigenvalue weighted by Gasteiger charge is -2.51. The Balaban J connectivity index is 1.36. The van der Waals surface area contributed by atoms with Crippen LogP contribution in [0.1, 0.15) is 29.7 Å². The summed E-state index contributed by atoms with van der Waals surface area (Å²) in [5, 5.41) is 4.32. The molecule has 1 spiro atoms. The van der Waals surface area contributed by atoms with E-state index in [4.69, 9.17) is 9.57 Å². The minimum Gasteiger partial charge on any atom is -0.616 e. The zero-order chi connectivity index (χ0) is 23.4. The van der Waals surface area contributed by atoms with Gasteiger partial charge in [0.25, 0.3) is 0 Å². The Morgan fingerprint density at radius 2 is 2.06 bits per heavy atom. The third kappa shape index (κ3) is 3.63. The predicted molar refractivity (Wildman–Crippen MR) is 127 cm³/mol. The van der Waals surface area contributed by atoms with E-state index in [1.165, 1.54) is 12.1 Å². The molecule has 7 nitrogen and oxygen atoms in total. The van der Waals surface area contributed by atoms with Gasteiger partial charge in [-0.3, -0.25) is 4.79 Å². The van der Waals surface area contributed by atoms with Crippen LogP contribution in [0.15, 0.2) is 53.4 Å². The molecular formula is C25H24FN3O4S. The Labute approximate surface area is 200 Å². The first-order valence-electron chi connectivity index (χ1n) is 11.3. The summed E-state index contributed by atoms with van der Waals surface area (Å²) in [4.78, 5) is 21.4. The highest BCUT2D eigenvalue weighted by Crippen LogP contribution is 2.41. The molecule has 1 atom stereocenters. The molecule has 176 valence electrons. The number of ether oxygens (including phenoxy) is 1. The van der Waals surface area contributed by atoms with Gasteiger partial charge < -0.3 is 23.9 Å². The highest BCUT2D eigenvalue weighted by atomic mass is 32.2. The first-order valence-corrected chi connectivity index (χ1v) is 12.8. The van der Waals surface area contributed by atoms with Crippen LogP contribution in [0.4, 0.5) is 10.1 Å². The van der Waals surface area contributed by atoms with Gasteiger partial charge in [0.05, 0.1) is 12.6 Å². The number of halogens is 1. The Morgan fingerprint density at radius 1 is 1.26 bits per heavy atom. The number of carbonyl (C=O) groups excluding carboxylic acids is 1. The lowest BCUT2D eigenvalue weighted by Crippen LogP contribution is -2.67. The number of amidine groups is 1. The van der Waals surface area contributed by atoms with E-state index in [1.54, 1.807) is 24.0 Å². The second-order valence-electron chi connectivity index (χ2n) is 9.24. The molecule has 2 fully saturated rings. The fourth-order valence-electron chi connectivity index (χ4n) is 5.19. The summed E-state index contributed by atoms with van der Waals surface area (Å²) in [6.07, 6.45) is 2.74. The molecule has 2 saturated heterocycles. The molecule has 4 heterocycles. The van der Waals surface area contributed by atoms with Crippen LogP contribution in [0.2, 0.25) is 0 Å². The van der Waals surface area contributed by atoms with Gasteiger partial charge in [-0.05, 0) is 64.6 Å². The summed E-state index contributed by atoms with van der Waals surface area (Å²) in [5.74, 6) is 1.82. The van der Waals surface area contributed by atoms with Gasteiger partial charge in [-0.1, -0.05) is 23.4 Å². The smallest absolute Gasteiger partial charge is 0.223 e. The van der Waals surface area contributed by atoms with Crippen LogP contribution in [0.3, 0.4) is 0 Å². The maximum absolute atomic E-state index is 13.5. The van der Waals surface area contributed by atoms with Gasteiger partial charge in [0, 0.05) is 19.2 Å². The van der Waals surface area contributed by atoms with Gasteiger partial charge in [0.1, 0.15) is 12.4 Å². The lowest BCUT2D eigenvalue weighted by molar-refractivity contribution is -0.116. The largest absolute Gasteiger partial charge is 0.616 e. The fraction of sp³-hybridized carbons (Fsp3) is 0.360. The molecule has 0 bridgehead atoms. The number of amides is 1. The number of fused-ring (bicyclic) bond motifs is 2. The zero-order valence-electron chi connectivity index (χ0n) is 18.7. The van der Waals surface area contributed by atoms with Crippen molar-refractivity contribution in [3.8, 4) is 0 Å². The van der Waals surface area contributed by atoms with E-state index in [1.807, 2.05) is 18.2 Å². The van der Waals surface area contributed by atoms with Crippen molar-refractivity contribution in [1.29, 1.82) is 0 Å². The minimum atomic E-state index is -0.907. The Bertz CT molecular complexity index is 1210. The van der Waals surface area contributed by atoms with E-state index < -0.39 is 16.8 Å². The van der Waals surface area contributed by atoms with Crippen molar-refractivity contribution in [1.82, 2.24) is 4.90 Å². The number of morpholine rings is 1. The monoisotopic (exact) mass is 481 g/mol. The maximum Gasteiger partial charge on any atom is 0.223 e. The van der Waals surface area contributed by atoms with Gasteiger partial charge in [-0.25, -0.2) is 4.39 Å². The van der Waals surface area contributed by atoms with Gasteiger partial charge in [0.2, 0.25) is 17.3 Å². The number of rotatable bonds is 2. The summed E-state index contributed by atoms with van der Waals surface area (Å²) < 4.78 is 32.0. The molecule has 2 aromatic rings. The molecule has 1 unspecified atom stereocenters. The first-order chi connectivity index (χ1) is 16.4. The SMILES string of the molecule is CC(=O)N1CCc2cc(/C=C3\OC4(CN5C3=NOCC5c3ccc(F)cc3)C[S+]([O-])C4)ccc21. The zero-order valence-corrected chi connectivity index (χ0v) is 19.5. The standard InChI is InChI=1S/C25H24FN3O4S/c1-16(30)28-9-8-19-10-17(2-7-21(19)28)11-23-24-27-32-12-22(18-3-5-20(26)6-4-18)29(24)13-25(33-23)14-34(31)15-25/h2-7,10-11,22H,8-9,12-15H2,1H3/b23-11-. The van der Waals surface area contributed by atoms with Gasteiger partial charge in [-0.2, -0.15) is 0 Å². The van der Waals surface area contributed by atoms with Gasteiger partial charge in [0.15, 0.2) is 17.3 Å². The van der Waals surface area contributed by atoms with Crippen LogP contribution in [0.25, 0.3) is 6.08 Å². The molecule has 0 aliphatic carbocycles. The normalized spacial score (nSPS) is 28.6. The summed E-state index contributed by atoms with van der Waals surface area (Å²) in [5.41, 5.74) is 3.37. The molecule has 4 aliphatic heterocycles. The highest BCUT2D eigenvalue weighted by Gasteiger charge is 2.57. The van der Waals surface area contributed by atoms with Crippen molar-refractivity contribution in [2.75, 3.05) is 36.1 Å². The molecule has 4 aliphatic rings. The van der Waals surface area contributed by atoms with Crippen molar-refractivity contribution in [2.24, 2.45) is 5.16 Å². The molecule has 9 heteroatoms. The molecular weight excluding hydrogens is 457 g/mol. The van der Waals surface area contributed by atoms with Crippen LogP contribution in [-0.4, -0.2) is 58.0 Å². The lowest BCUT2D eigenvalue weighted by atomic mass is 9.98. The molecule has 2 aromatic carbocycles. The number of nitrogens with zero attached hydrogens (tertiary/aromatic N) is 3. The van der Waals surface area contributed by atoms with Gasteiger partial charge >= 0.3 is 0 Å². The van der Waals surface area contributed by atoms with Crippen molar-refractivity contribution < 1.29 is 23.3 Å². The Kier molecular flexibility index (Phi) is 5.07. The number of anilines is 1. The van der Waals surface area contributed by atoms with E-state index in [2.05, 4.69) is 16.1 Å². The fourth-order valence-corrected chi connectivity index (χ4v) is 6.58. The van der Waals surface area contributed by atoms with Crippen LogP contribution >= 0.6 is 0 Å². The van der Waals surface area contributed by atoms with Crippen molar-refractivity contribution in [3.05, 3.63) is 70.7 Å². The molecule has 34 heavy (non-hydrogen) atoms. The third-order valence-corrected chi connectivity index (χ3v) is 8.51. The molecule has 0 radical (unpaired) electrons. The maximum atomic E-state index is 13.5. The summed E-state index contributed by atoms with van der Waals surface area (Å²) in [7, 11) is 0. The molecule has 1 amide bonds. The quantitative estimate of drug-likeness (QED) is 0.617. The number of hydrogen-bond acceptors (Lipinski definition) is 6. The third-order valence-electron chi connectivity index (χ3n) is 6.82. The summed E-state index contributed by atoms with van der Waals surface area (Å²) >= 11 is -0.907. The van der Waals surface area contributed by atoms with Crippen LogP contribution in [-0.2, 0) is 32.0 Å². The van der Waals surface area contributed by atoms with Crippen LogP contribution in [0, 0.1) is 5.82 Å². The highest BCUT2D eigenvalue weighted by molar-refractivity contribution is 7.93. The average molecular weight is 482 g/mol. The Hall–Kier alpha value is -3.04. The molecule has 0 aromatic heterocycles. The molecule has 0 N–H and O–H groups in total. The second kappa shape index (κ2) is 8.02. The van der Waals surface area contributed by atoms with Crippen LogP contribution in [0.5, 0.6) is 0 Å². The van der Waals surface area contributed by atoms with Gasteiger partial charge in [-0.15, -0.1) is 0 Å². The van der Waals surface area contributed by atoms with Crippen molar-refractivity contribution in [2.45, 2.75) is 25.0 Å². The van der Waals surface area contributed by atoms with E-state index >= 15 is 0 Å². The topological polar surface area (TPSA) is 77.4 Å². The van der Waals surface area contributed by atoms with Crippen molar-refractivity contribution >= 4 is 34.7 Å². The number of benzene rings is 2. The molecule has 0 saturated carbocycles. The number of hydrogen-bond donors (Lipinski definition) is 0. The number of oxime groups is 1. The first kappa shape index (κ1) is 21.5. The predicted octanol–water partition coefficient (Wildman–Crippen LogP) is 2.99. The Morgan fingerprint density at radius 3 is 2.79 bits per heavy atom. The van der Waals surface area contributed by atoms with Crippen LogP contribution < -0.4 is 4.90 Å². The van der Waals surface area contributed by atoms with E-state index in [0.717, 1.165) is 28.8 Å². The van der Waals surface area contributed by atoms with E-state index in [-0.39, 0.29) is 17.8 Å². The van der Waals surface area contributed by atoms with Crippen molar-refractivity contribution in [3.63, 3.8) is 0 Å². The molecule has 6 rings (SSSR count). The minimum absolute atomic E-state index is 0.0385. The summed E-state index contributed by atoms with van der Waals surface area (Å²) in [6.45, 7) is 3.14. The van der Waals surface area contributed by atoms with E-state index in [0.29, 0.717) is 42.8 Å². The summed E-state index contributed by atoms with van der Waals surface area (Å²) in [6, 6.07) is 12.3. The number of carbonyl (C=O) groups is 1. The van der Waals surface area contributed by atoms with E-state index in [9.17, 15) is 13.7 Å².